The standard InChI is InChI=1S/C20H14ClN3OS2/c21-15-9-5-4-8-13(15)16-14(10-22)19(25)23-18-17(16)27-20(26)24(18)11-12-6-2-1-3-7-12/h1-9,14,16H,11H2,(H,23,25). The minimum absolute atomic E-state index is 0.329. The summed E-state index contributed by atoms with van der Waals surface area (Å²) in [5.74, 6) is -0.952. The number of fused-ring (bicyclic) bond motifs is 1. The minimum Gasteiger partial charge on any atom is -0.310 e. The van der Waals surface area contributed by atoms with Gasteiger partial charge in [-0.1, -0.05) is 60.1 Å². The molecular weight excluding hydrogens is 398 g/mol. The van der Waals surface area contributed by atoms with E-state index in [1.54, 1.807) is 6.07 Å². The van der Waals surface area contributed by atoms with E-state index in [4.69, 9.17) is 23.8 Å². The van der Waals surface area contributed by atoms with Crippen molar-refractivity contribution in [1.82, 2.24) is 4.57 Å². The lowest BCUT2D eigenvalue weighted by Crippen LogP contribution is -2.33. The molecule has 2 aromatic carbocycles. The number of benzene rings is 2. The van der Waals surface area contributed by atoms with E-state index in [1.807, 2.05) is 53.1 Å². The number of nitrogens with one attached hydrogen (secondary N) is 1. The average Bonchev–Trinajstić information content (AvgIpc) is 2.97. The van der Waals surface area contributed by atoms with Crippen molar-refractivity contribution < 1.29 is 4.79 Å². The molecule has 2 heterocycles. The minimum atomic E-state index is -0.851. The second kappa shape index (κ2) is 7.28. The lowest BCUT2D eigenvalue weighted by molar-refractivity contribution is -0.119. The number of halogens is 1. The Bertz CT molecular complexity index is 1110. The fraction of sp³-hybridized carbons (Fsp3) is 0.150. The van der Waals surface area contributed by atoms with Crippen LogP contribution in [-0.4, -0.2) is 10.5 Å². The molecule has 27 heavy (non-hydrogen) atoms. The van der Waals surface area contributed by atoms with Gasteiger partial charge in [-0.25, -0.2) is 0 Å². The van der Waals surface area contributed by atoms with E-state index in [0.29, 0.717) is 21.3 Å². The third kappa shape index (κ3) is 3.19. The van der Waals surface area contributed by atoms with Crippen LogP contribution in [0.2, 0.25) is 5.02 Å². The van der Waals surface area contributed by atoms with E-state index in [2.05, 4.69) is 11.4 Å². The molecule has 1 amide bonds. The average molecular weight is 412 g/mol. The molecule has 1 aromatic heterocycles. The Hall–Kier alpha value is -2.46. The predicted octanol–water partition coefficient (Wildman–Crippen LogP) is 5.20. The fourth-order valence-electron chi connectivity index (χ4n) is 3.35. The van der Waals surface area contributed by atoms with E-state index >= 15 is 0 Å². The molecule has 4 nitrogen and oxygen atoms in total. The predicted molar refractivity (Wildman–Crippen MR) is 110 cm³/mol. The molecule has 4 rings (SSSR count). The van der Waals surface area contributed by atoms with E-state index in [1.165, 1.54) is 11.3 Å². The highest BCUT2D eigenvalue weighted by Crippen LogP contribution is 2.46. The SMILES string of the molecule is N#CC1C(=O)Nc2c(sc(=S)n2Cc2ccccc2)C1c1ccccc1Cl. The summed E-state index contributed by atoms with van der Waals surface area (Å²) in [4.78, 5) is 13.5. The Balaban J connectivity index is 1.88. The van der Waals surface area contributed by atoms with Gasteiger partial charge < -0.3 is 9.88 Å². The molecule has 0 aliphatic carbocycles. The number of nitriles is 1. The molecule has 0 saturated carbocycles. The van der Waals surface area contributed by atoms with Gasteiger partial charge in [0, 0.05) is 10.9 Å². The monoisotopic (exact) mass is 411 g/mol. The van der Waals surface area contributed by atoms with Crippen molar-refractivity contribution in [2.45, 2.75) is 12.5 Å². The topological polar surface area (TPSA) is 57.8 Å². The maximum atomic E-state index is 12.7. The zero-order chi connectivity index (χ0) is 19.0. The Morgan fingerprint density at radius 3 is 2.59 bits per heavy atom. The summed E-state index contributed by atoms with van der Waals surface area (Å²) >= 11 is 13.4. The Morgan fingerprint density at radius 1 is 1.19 bits per heavy atom. The first-order chi connectivity index (χ1) is 13.1. The molecule has 7 heteroatoms. The van der Waals surface area contributed by atoms with Gasteiger partial charge in [-0.3, -0.25) is 4.79 Å². The molecule has 2 unspecified atom stereocenters. The van der Waals surface area contributed by atoms with Gasteiger partial charge >= 0.3 is 0 Å². The summed E-state index contributed by atoms with van der Waals surface area (Å²) in [5.41, 5.74) is 1.85. The molecule has 1 N–H and O–H groups in total. The molecule has 1 aliphatic heterocycles. The van der Waals surface area contributed by atoms with Crippen LogP contribution in [0.25, 0.3) is 0 Å². The summed E-state index contributed by atoms with van der Waals surface area (Å²) in [5, 5.41) is 13.1. The third-order valence-electron chi connectivity index (χ3n) is 4.62. The molecular formula is C20H14ClN3OS2. The van der Waals surface area contributed by atoms with E-state index in [-0.39, 0.29) is 5.91 Å². The van der Waals surface area contributed by atoms with Crippen molar-refractivity contribution in [2.24, 2.45) is 5.92 Å². The first-order valence-corrected chi connectivity index (χ1v) is 9.92. The number of nitrogens with zero attached hydrogens (tertiary/aromatic N) is 2. The highest BCUT2D eigenvalue weighted by atomic mass is 35.5. The number of carbonyl (C=O) groups excluding carboxylic acids is 1. The maximum Gasteiger partial charge on any atom is 0.243 e. The van der Waals surface area contributed by atoms with Crippen LogP contribution in [0.5, 0.6) is 0 Å². The zero-order valence-corrected chi connectivity index (χ0v) is 16.4. The number of amides is 1. The van der Waals surface area contributed by atoms with E-state index in [0.717, 1.165) is 16.0 Å². The van der Waals surface area contributed by atoms with Crippen LogP contribution in [0.1, 0.15) is 21.9 Å². The number of carbonyl (C=O) groups is 1. The van der Waals surface area contributed by atoms with Crippen molar-refractivity contribution >= 4 is 46.9 Å². The van der Waals surface area contributed by atoms with Gasteiger partial charge in [0.15, 0.2) is 3.95 Å². The Labute approximate surface area is 170 Å². The fourth-order valence-corrected chi connectivity index (χ4v) is 5.13. The Kier molecular flexibility index (Phi) is 4.83. The number of hydrogen-bond donors (Lipinski definition) is 1. The van der Waals surface area contributed by atoms with Gasteiger partial charge in [0.2, 0.25) is 5.91 Å². The van der Waals surface area contributed by atoms with Gasteiger partial charge in [-0.05, 0) is 29.4 Å². The molecule has 0 saturated heterocycles. The van der Waals surface area contributed by atoms with Gasteiger partial charge in [0.1, 0.15) is 11.7 Å². The molecule has 0 fully saturated rings. The summed E-state index contributed by atoms with van der Waals surface area (Å²) in [6.45, 7) is 0.554. The van der Waals surface area contributed by atoms with Crippen molar-refractivity contribution in [3.05, 3.63) is 79.6 Å². The molecule has 1 aliphatic rings. The number of hydrogen-bond acceptors (Lipinski definition) is 4. The lowest BCUT2D eigenvalue weighted by atomic mass is 9.83. The summed E-state index contributed by atoms with van der Waals surface area (Å²) in [6.07, 6.45) is 0. The van der Waals surface area contributed by atoms with E-state index < -0.39 is 11.8 Å². The van der Waals surface area contributed by atoms with E-state index in [9.17, 15) is 10.1 Å². The van der Waals surface area contributed by atoms with Crippen LogP contribution < -0.4 is 5.32 Å². The number of thiazole rings is 1. The van der Waals surface area contributed by atoms with Crippen molar-refractivity contribution in [3.63, 3.8) is 0 Å². The number of rotatable bonds is 3. The van der Waals surface area contributed by atoms with Gasteiger partial charge in [0.05, 0.1) is 17.5 Å². The summed E-state index contributed by atoms with van der Waals surface area (Å²) < 4.78 is 2.57. The molecule has 0 bridgehead atoms. The maximum absolute atomic E-state index is 12.7. The molecule has 134 valence electrons. The summed E-state index contributed by atoms with van der Waals surface area (Å²) in [7, 11) is 0. The van der Waals surface area contributed by atoms with Gasteiger partial charge in [0.25, 0.3) is 0 Å². The second-order valence-electron chi connectivity index (χ2n) is 6.25. The quantitative estimate of drug-likeness (QED) is 0.602. The van der Waals surface area contributed by atoms with Crippen molar-refractivity contribution in [2.75, 3.05) is 5.32 Å². The summed E-state index contributed by atoms with van der Waals surface area (Å²) in [6, 6.07) is 19.4. The first kappa shape index (κ1) is 17.9. The molecule has 0 spiro atoms. The molecule has 3 aromatic rings. The normalized spacial score (nSPS) is 18.4. The highest BCUT2D eigenvalue weighted by molar-refractivity contribution is 7.73. The van der Waals surface area contributed by atoms with Crippen molar-refractivity contribution in [1.29, 1.82) is 5.26 Å². The first-order valence-electron chi connectivity index (χ1n) is 8.32. The van der Waals surface area contributed by atoms with Gasteiger partial charge in [-0.15, -0.1) is 11.3 Å². The van der Waals surface area contributed by atoms with Crippen LogP contribution in [0.3, 0.4) is 0 Å². The second-order valence-corrected chi connectivity index (χ2v) is 8.33. The van der Waals surface area contributed by atoms with Crippen LogP contribution in [0, 0.1) is 21.2 Å². The molecule has 2 atom stereocenters. The smallest absolute Gasteiger partial charge is 0.243 e. The number of aromatic nitrogens is 1. The van der Waals surface area contributed by atoms with Crippen LogP contribution in [0.15, 0.2) is 54.6 Å². The van der Waals surface area contributed by atoms with Crippen LogP contribution in [0.4, 0.5) is 5.82 Å². The third-order valence-corrected chi connectivity index (χ3v) is 6.50. The van der Waals surface area contributed by atoms with Crippen LogP contribution in [-0.2, 0) is 11.3 Å². The molecule has 0 radical (unpaired) electrons. The Morgan fingerprint density at radius 2 is 1.89 bits per heavy atom. The van der Waals surface area contributed by atoms with Crippen molar-refractivity contribution in [3.8, 4) is 6.07 Å². The van der Waals surface area contributed by atoms with Gasteiger partial charge in [-0.2, -0.15) is 5.26 Å². The largest absolute Gasteiger partial charge is 0.310 e. The van der Waals surface area contributed by atoms with Crippen LogP contribution >= 0.6 is 35.2 Å². The highest BCUT2D eigenvalue weighted by Gasteiger charge is 2.40. The zero-order valence-electron chi connectivity index (χ0n) is 14.1. The number of anilines is 1. The lowest BCUT2D eigenvalue weighted by Gasteiger charge is -2.28.